The number of hydrogen-bond donors (Lipinski definition) is 3. The molecule has 0 spiro atoms. The van der Waals surface area contributed by atoms with Crippen LogP contribution < -0.4 is 21.3 Å². The van der Waals surface area contributed by atoms with E-state index >= 15 is 0 Å². The first-order valence-corrected chi connectivity index (χ1v) is 7.29. The van der Waals surface area contributed by atoms with Crippen molar-refractivity contribution in [3.05, 3.63) is 40.8 Å². The highest BCUT2D eigenvalue weighted by atomic mass is 16.5. The van der Waals surface area contributed by atoms with Gasteiger partial charge in [0.15, 0.2) is 0 Å². The molecular formula is C15H18N6O2. The number of fused-ring (bicyclic) bond motifs is 1. The maximum atomic E-state index is 11.8. The van der Waals surface area contributed by atoms with Crippen molar-refractivity contribution in [1.82, 2.24) is 19.7 Å². The number of rotatable bonds is 6. The molecule has 0 saturated heterocycles. The number of nitrogens with one attached hydrogen (secondary N) is 2. The number of hydrogen-bond acceptors (Lipinski definition) is 6. The molecule has 2 aromatic heterocycles. The summed E-state index contributed by atoms with van der Waals surface area (Å²) in [5.74, 6) is 1.57. The lowest BCUT2D eigenvalue weighted by Gasteiger charge is -2.09. The molecule has 0 aliphatic heterocycles. The van der Waals surface area contributed by atoms with E-state index in [1.165, 1.54) is 0 Å². The maximum Gasteiger partial charge on any atom is 0.255 e. The lowest BCUT2D eigenvalue weighted by Crippen LogP contribution is -2.11. The minimum atomic E-state index is -0.116. The Labute approximate surface area is 132 Å². The normalized spacial score (nSPS) is 10.8. The Bertz CT molecular complexity index is 870. The topological polar surface area (TPSA) is 111 Å². The van der Waals surface area contributed by atoms with Crippen LogP contribution in [0, 0.1) is 0 Å². The van der Waals surface area contributed by atoms with Crippen LogP contribution in [0.1, 0.15) is 6.42 Å². The van der Waals surface area contributed by atoms with Crippen LogP contribution in [0.2, 0.25) is 0 Å². The van der Waals surface area contributed by atoms with Crippen molar-refractivity contribution < 1.29 is 4.74 Å². The predicted molar refractivity (Wildman–Crippen MR) is 88.6 cm³/mol. The second-order valence-corrected chi connectivity index (χ2v) is 5.07. The number of aromatic amines is 1. The quantitative estimate of drug-likeness (QED) is 0.588. The summed E-state index contributed by atoms with van der Waals surface area (Å²) in [7, 11) is 1.77. The van der Waals surface area contributed by atoms with Gasteiger partial charge in [-0.15, -0.1) is 5.10 Å². The number of nitrogens with two attached hydrogens (primary N) is 1. The van der Waals surface area contributed by atoms with Gasteiger partial charge in [-0.25, -0.2) is 4.68 Å². The second-order valence-electron chi connectivity index (χ2n) is 5.07. The first-order chi connectivity index (χ1) is 11.1. The Hall–Kier alpha value is -3.03. The summed E-state index contributed by atoms with van der Waals surface area (Å²) in [5.41, 5.74) is 5.40. The van der Waals surface area contributed by atoms with Gasteiger partial charge in [0.2, 0.25) is 11.9 Å². The molecule has 8 nitrogen and oxygen atoms in total. The molecule has 0 unspecified atom stereocenters. The average Bonchev–Trinajstić information content (AvgIpc) is 2.85. The van der Waals surface area contributed by atoms with Gasteiger partial charge in [0.25, 0.3) is 5.56 Å². The number of anilines is 2. The molecule has 0 amide bonds. The van der Waals surface area contributed by atoms with Crippen LogP contribution in [0.5, 0.6) is 5.75 Å². The SMILES string of the molecule is Cn1nc(N)nc1NCCCOc1cccc2c(=O)[nH]ccc12. The summed E-state index contributed by atoms with van der Waals surface area (Å²) in [6, 6.07) is 7.29. The van der Waals surface area contributed by atoms with Crippen LogP contribution in [0.3, 0.4) is 0 Å². The molecule has 8 heteroatoms. The Morgan fingerprint density at radius 3 is 3.00 bits per heavy atom. The summed E-state index contributed by atoms with van der Waals surface area (Å²) in [6.45, 7) is 1.20. The number of aromatic nitrogens is 4. The Balaban J connectivity index is 1.56. The molecule has 0 saturated carbocycles. The summed E-state index contributed by atoms with van der Waals surface area (Å²) >= 11 is 0. The molecule has 3 rings (SSSR count). The van der Waals surface area contributed by atoms with Crippen molar-refractivity contribution in [2.24, 2.45) is 7.05 Å². The van der Waals surface area contributed by atoms with Gasteiger partial charge in [-0.1, -0.05) is 6.07 Å². The lowest BCUT2D eigenvalue weighted by molar-refractivity contribution is 0.318. The first kappa shape index (κ1) is 14.9. The van der Waals surface area contributed by atoms with Gasteiger partial charge in [-0.2, -0.15) is 4.98 Å². The second kappa shape index (κ2) is 6.39. The molecule has 0 aliphatic carbocycles. The molecule has 0 bridgehead atoms. The Kier molecular flexibility index (Phi) is 4.13. The summed E-state index contributed by atoms with van der Waals surface area (Å²) in [4.78, 5) is 18.5. The number of ether oxygens (including phenoxy) is 1. The fraction of sp³-hybridized carbons (Fsp3) is 0.267. The fourth-order valence-corrected chi connectivity index (χ4v) is 2.33. The molecule has 0 aliphatic rings. The number of benzene rings is 1. The van der Waals surface area contributed by atoms with Crippen LogP contribution in [0.15, 0.2) is 35.3 Å². The molecule has 120 valence electrons. The highest BCUT2D eigenvalue weighted by Gasteiger charge is 2.05. The number of nitrogens with zero attached hydrogens (tertiary/aromatic N) is 3. The molecule has 0 atom stereocenters. The summed E-state index contributed by atoms with van der Waals surface area (Å²) in [5, 5.41) is 8.53. The fourth-order valence-electron chi connectivity index (χ4n) is 2.33. The van der Waals surface area contributed by atoms with Gasteiger partial charge in [0.05, 0.1) is 12.0 Å². The zero-order valence-corrected chi connectivity index (χ0v) is 12.7. The summed E-state index contributed by atoms with van der Waals surface area (Å²) in [6.07, 6.45) is 2.39. The van der Waals surface area contributed by atoms with Crippen molar-refractivity contribution in [2.75, 3.05) is 24.2 Å². The van der Waals surface area contributed by atoms with E-state index < -0.39 is 0 Å². The molecule has 23 heavy (non-hydrogen) atoms. The molecule has 0 fully saturated rings. The summed E-state index contributed by atoms with van der Waals surface area (Å²) < 4.78 is 7.38. The van der Waals surface area contributed by atoms with Gasteiger partial charge in [-0.3, -0.25) is 4.79 Å². The van der Waals surface area contributed by atoms with Gasteiger partial charge in [0, 0.05) is 25.2 Å². The maximum absolute atomic E-state index is 11.8. The molecule has 0 radical (unpaired) electrons. The molecule has 4 N–H and O–H groups in total. The Morgan fingerprint density at radius 2 is 2.22 bits per heavy atom. The van der Waals surface area contributed by atoms with Gasteiger partial charge < -0.3 is 20.8 Å². The largest absolute Gasteiger partial charge is 0.493 e. The van der Waals surface area contributed by atoms with Crippen molar-refractivity contribution in [3.8, 4) is 5.75 Å². The molecule has 1 aromatic carbocycles. The highest BCUT2D eigenvalue weighted by molar-refractivity contribution is 5.87. The number of pyridine rings is 1. The third-order valence-corrected chi connectivity index (χ3v) is 3.42. The van der Waals surface area contributed by atoms with Crippen LogP contribution in [0.25, 0.3) is 10.8 Å². The van der Waals surface area contributed by atoms with Crippen LogP contribution in [-0.2, 0) is 7.05 Å². The number of H-pyrrole nitrogens is 1. The van der Waals surface area contributed by atoms with Crippen molar-refractivity contribution >= 4 is 22.7 Å². The van der Waals surface area contributed by atoms with Crippen LogP contribution in [0.4, 0.5) is 11.9 Å². The smallest absolute Gasteiger partial charge is 0.255 e. The number of nitrogen functional groups attached to an aromatic ring is 1. The predicted octanol–water partition coefficient (Wildman–Crippen LogP) is 1.12. The zero-order chi connectivity index (χ0) is 16.2. The van der Waals surface area contributed by atoms with E-state index in [1.54, 1.807) is 24.0 Å². The van der Waals surface area contributed by atoms with Gasteiger partial charge >= 0.3 is 0 Å². The van der Waals surface area contributed by atoms with E-state index in [4.69, 9.17) is 10.5 Å². The van der Waals surface area contributed by atoms with E-state index in [1.807, 2.05) is 18.2 Å². The van der Waals surface area contributed by atoms with Crippen molar-refractivity contribution in [2.45, 2.75) is 6.42 Å². The molecule has 2 heterocycles. The van der Waals surface area contributed by atoms with Crippen LogP contribution in [-0.4, -0.2) is 32.9 Å². The van der Waals surface area contributed by atoms with Crippen molar-refractivity contribution in [1.29, 1.82) is 0 Å². The lowest BCUT2D eigenvalue weighted by atomic mass is 10.1. The van der Waals surface area contributed by atoms with E-state index in [0.29, 0.717) is 30.2 Å². The van der Waals surface area contributed by atoms with E-state index in [0.717, 1.165) is 11.8 Å². The highest BCUT2D eigenvalue weighted by Crippen LogP contribution is 2.22. The third kappa shape index (κ3) is 3.25. The van der Waals surface area contributed by atoms with E-state index in [2.05, 4.69) is 20.4 Å². The third-order valence-electron chi connectivity index (χ3n) is 3.42. The standard InChI is InChI=1S/C15H18N6O2/c1-21-15(19-14(16)20-21)18-7-3-9-23-12-5-2-4-11-10(12)6-8-17-13(11)22/h2,4-6,8H,3,7,9H2,1H3,(H,17,22)(H3,16,18,19,20). The number of aryl methyl sites for hydroxylation is 1. The molecular weight excluding hydrogens is 296 g/mol. The van der Waals surface area contributed by atoms with Crippen molar-refractivity contribution in [3.63, 3.8) is 0 Å². The van der Waals surface area contributed by atoms with E-state index in [-0.39, 0.29) is 11.5 Å². The van der Waals surface area contributed by atoms with E-state index in [9.17, 15) is 4.79 Å². The average molecular weight is 314 g/mol. The minimum absolute atomic E-state index is 0.116. The van der Waals surface area contributed by atoms with Gasteiger partial charge in [0.1, 0.15) is 5.75 Å². The molecule has 3 aromatic rings. The minimum Gasteiger partial charge on any atom is -0.493 e. The Morgan fingerprint density at radius 1 is 1.35 bits per heavy atom. The van der Waals surface area contributed by atoms with Gasteiger partial charge in [-0.05, 0) is 24.6 Å². The zero-order valence-electron chi connectivity index (χ0n) is 12.7. The monoisotopic (exact) mass is 314 g/mol. The first-order valence-electron chi connectivity index (χ1n) is 7.29. The van der Waals surface area contributed by atoms with Crippen LogP contribution >= 0.6 is 0 Å².